The maximum atomic E-state index is 12.4. The third-order valence-corrected chi connectivity index (χ3v) is 4.75. The zero-order valence-electron chi connectivity index (χ0n) is 13.9. The fourth-order valence-electron chi connectivity index (χ4n) is 2.98. The standard InChI is InChI=1S/C18H20ClN3O3/c1-10-14(17(24)22-18(25)20-10)8-9-15(23)21-16(11-2-3-11)12-4-6-13(19)7-5-12/h4-7,11,16H,2-3,8-9H2,1H3,(H,21,23)(H2,20,22,24,25). The van der Waals surface area contributed by atoms with Crippen LogP contribution in [-0.4, -0.2) is 15.9 Å². The van der Waals surface area contributed by atoms with E-state index in [9.17, 15) is 14.4 Å². The van der Waals surface area contributed by atoms with Crippen LogP contribution in [0.15, 0.2) is 33.9 Å². The maximum absolute atomic E-state index is 12.4. The molecular weight excluding hydrogens is 342 g/mol. The van der Waals surface area contributed by atoms with Gasteiger partial charge in [0.1, 0.15) is 0 Å². The molecule has 0 bridgehead atoms. The van der Waals surface area contributed by atoms with Gasteiger partial charge >= 0.3 is 5.69 Å². The van der Waals surface area contributed by atoms with Crippen LogP contribution in [0.3, 0.4) is 0 Å². The highest BCUT2D eigenvalue weighted by atomic mass is 35.5. The number of amides is 1. The number of carbonyl (C=O) groups excluding carboxylic acids is 1. The summed E-state index contributed by atoms with van der Waals surface area (Å²) in [5, 5.41) is 3.73. The van der Waals surface area contributed by atoms with Crippen molar-refractivity contribution in [3.63, 3.8) is 0 Å². The van der Waals surface area contributed by atoms with Gasteiger partial charge in [0, 0.05) is 22.7 Å². The van der Waals surface area contributed by atoms with Crippen molar-refractivity contribution in [1.82, 2.24) is 15.3 Å². The third-order valence-electron chi connectivity index (χ3n) is 4.50. The van der Waals surface area contributed by atoms with E-state index in [0.29, 0.717) is 22.2 Å². The highest BCUT2D eigenvalue weighted by molar-refractivity contribution is 6.30. The Bertz CT molecular complexity index is 882. The lowest BCUT2D eigenvalue weighted by molar-refractivity contribution is -0.122. The normalized spacial score (nSPS) is 15.0. The summed E-state index contributed by atoms with van der Waals surface area (Å²) < 4.78 is 0. The largest absolute Gasteiger partial charge is 0.349 e. The lowest BCUT2D eigenvalue weighted by Crippen LogP contribution is -2.31. The van der Waals surface area contributed by atoms with Crippen molar-refractivity contribution in [2.24, 2.45) is 5.92 Å². The highest BCUT2D eigenvalue weighted by Crippen LogP contribution is 2.41. The number of H-pyrrole nitrogens is 2. The van der Waals surface area contributed by atoms with Gasteiger partial charge < -0.3 is 10.3 Å². The van der Waals surface area contributed by atoms with Gasteiger partial charge in [-0.2, -0.15) is 0 Å². The second kappa shape index (κ2) is 7.27. The van der Waals surface area contributed by atoms with Crippen molar-refractivity contribution in [3.8, 4) is 0 Å². The first kappa shape index (κ1) is 17.5. The van der Waals surface area contributed by atoms with Crippen LogP contribution in [0.25, 0.3) is 0 Å². The van der Waals surface area contributed by atoms with Crippen molar-refractivity contribution in [2.75, 3.05) is 0 Å². The summed E-state index contributed by atoms with van der Waals surface area (Å²) in [5.74, 6) is 0.334. The molecule has 0 saturated heterocycles. The molecule has 2 aromatic rings. The van der Waals surface area contributed by atoms with Crippen molar-refractivity contribution in [1.29, 1.82) is 0 Å². The number of aromatic amines is 2. The number of hydrogen-bond acceptors (Lipinski definition) is 3. The van der Waals surface area contributed by atoms with Gasteiger partial charge in [0.2, 0.25) is 5.91 Å². The number of aromatic nitrogens is 2. The fraction of sp³-hybridized carbons (Fsp3) is 0.389. The number of nitrogens with one attached hydrogen (secondary N) is 3. The highest BCUT2D eigenvalue weighted by Gasteiger charge is 2.33. The molecule has 1 aromatic heterocycles. The first-order valence-corrected chi connectivity index (χ1v) is 8.68. The Morgan fingerprint density at radius 3 is 2.52 bits per heavy atom. The second-order valence-corrected chi connectivity index (χ2v) is 6.88. The van der Waals surface area contributed by atoms with Gasteiger partial charge in [-0.1, -0.05) is 23.7 Å². The number of benzene rings is 1. The molecule has 1 unspecified atom stereocenters. The first-order chi connectivity index (χ1) is 11.9. The van der Waals surface area contributed by atoms with Crippen LogP contribution in [-0.2, 0) is 11.2 Å². The summed E-state index contributed by atoms with van der Waals surface area (Å²) in [6.45, 7) is 1.66. The molecule has 0 aliphatic heterocycles. The molecule has 1 aromatic carbocycles. The van der Waals surface area contributed by atoms with E-state index < -0.39 is 11.2 Å². The van der Waals surface area contributed by atoms with Gasteiger partial charge in [0.05, 0.1) is 6.04 Å². The minimum Gasteiger partial charge on any atom is -0.349 e. The molecule has 25 heavy (non-hydrogen) atoms. The monoisotopic (exact) mass is 361 g/mol. The van der Waals surface area contributed by atoms with Crippen molar-refractivity contribution < 1.29 is 4.79 Å². The van der Waals surface area contributed by atoms with Crippen LogP contribution in [0.4, 0.5) is 0 Å². The summed E-state index contributed by atoms with van der Waals surface area (Å²) >= 11 is 5.93. The Morgan fingerprint density at radius 1 is 1.24 bits per heavy atom. The van der Waals surface area contributed by atoms with Crippen molar-refractivity contribution in [3.05, 3.63) is 66.9 Å². The smallest absolute Gasteiger partial charge is 0.325 e. The average Bonchev–Trinajstić information content (AvgIpc) is 3.37. The Kier molecular flexibility index (Phi) is 5.08. The van der Waals surface area contributed by atoms with Crippen LogP contribution < -0.4 is 16.6 Å². The molecule has 1 heterocycles. The predicted molar refractivity (Wildman–Crippen MR) is 95.8 cm³/mol. The Balaban J connectivity index is 1.66. The molecule has 1 fully saturated rings. The maximum Gasteiger partial charge on any atom is 0.325 e. The van der Waals surface area contributed by atoms with Gasteiger partial charge in [-0.25, -0.2) is 4.79 Å². The summed E-state index contributed by atoms with van der Waals surface area (Å²) in [4.78, 5) is 40.2. The molecule has 3 rings (SSSR count). The lowest BCUT2D eigenvalue weighted by atomic mass is 10.0. The SMILES string of the molecule is Cc1[nH]c(=O)[nH]c(=O)c1CCC(=O)NC(c1ccc(Cl)cc1)C1CC1. The van der Waals surface area contributed by atoms with Crippen molar-refractivity contribution in [2.45, 2.75) is 38.6 Å². The minimum absolute atomic E-state index is 0.0280. The number of rotatable bonds is 6. The van der Waals surface area contributed by atoms with E-state index in [1.54, 1.807) is 6.92 Å². The fourth-order valence-corrected chi connectivity index (χ4v) is 3.11. The Labute approximate surface area is 149 Å². The molecule has 132 valence electrons. The number of hydrogen-bond donors (Lipinski definition) is 3. The molecule has 0 radical (unpaired) electrons. The van der Waals surface area contributed by atoms with Crippen LogP contribution >= 0.6 is 11.6 Å². The van der Waals surface area contributed by atoms with E-state index in [0.717, 1.165) is 18.4 Å². The lowest BCUT2D eigenvalue weighted by Gasteiger charge is -2.19. The van der Waals surface area contributed by atoms with E-state index >= 15 is 0 Å². The third kappa shape index (κ3) is 4.39. The summed E-state index contributed by atoms with van der Waals surface area (Å²) in [5.41, 5.74) is 0.998. The van der Waals surface area contributed by atoms with Gasteiger partial charge in [-0.15, -0.1) is 0 Å². The van der Waals surface area contributed by atoms with E-state index in [1.165, 1.54) is 0 Å². The zero-order valence-corrected chi connectivity index (χ0v) is 14.7. The first-order valence-electron chi connectivity index (χ1n) is 8.31. The van der Waals surface area contributed by atoms with E-state index in [1.807, 2.05) is 24.3 Å². The molecule has 6 nitrogen and oxygen atoms in total. The predicted octanol–water partition coefficient (Wildman–Crippen LogP) is 2.23. The molecule has 3 N–H and O–H groups in total. The molecule has 7 heteroatoms. The van der Waals surface area contributed by atoms with E-state index in [4.69, 9.17) is 11.6 Å². The van der Waals surface area contributed by atoms with Gasteiger partial charge in [0.15, 0.2) is 0 Å². The van der Waals surface area contributed by atoms with Crippen molar-refractivity contribution >= 4 is 17.5 Å². The molecular formula is C18H20ClN3O3. The van der Waals surface area contributed by atoms with Crippen LogP contribution in [0.5, 0.6) is 0 Å². The number of aryl methyl sites for hydroxylation is 1. The van der Waals surface area contributed by atoms with Gasteiger partial charge in [0.25, 0.3) is 5.56 Å². The quantitative estimate of drug-likeness (QED) is 0.736. The molecule has 1 aliphatic carbocycles. The molecule has 1 saturated carbocycles. The van der Waals surface area contributed by atoms with Crippen LogP contribution in [0.2, 0.25) is 5.02 Å². The van der Waals surface area contributed by atoms with Crippen LogP contribution in [0, 0.1) is 12.8 Å². The summed E-state index contributed by atoms with van der Waals surface area (Å²) in [7, 11) is 0. The molecule has 1 amide bonds. The van der Waals surface area contributed by atoms with Crippen LogP contribution in [0.1, 0.15) is 42.1 Å². The molecule has 1 aliphatic rings. The van der Waals surface area contributed by atoms with E-state index in [-0.39, 0.29) is 24.8 Å². The topological polar surface area (TPSA) is 94.8 Å². The number of halogens is 1. The zero-order chi connectivity index (χ0) is 18.0. The summed E-state index contributed by atoms with van der Waals surface area (Å²) in [6.07, 6.45) is 2.65. The Hall–Kier alpha value is -2.34. The second-order valence-electron chi connectivity index (χ2n) is 6.45. The van der Waals surface area contributed by atoms with Gasteiger partial charge in [-0.05, 0) is 49.8 Å². The minimum atomic E-state index is -0.535. The molecule has 1 atom stereocenters. The molecule has 0 spiro atoms. The van der Waals surface area contributed by atoms with Gasteiger partial charge in [-0.3, -0.25) is 14.6 Å². The van der Waals surface area contributed by atoms with E-state index in [2.05, 4.69) is 15.3 Å². The average molecular weight is 362 g/mol. The Morgan fingerprint density at radius 2 is 1.92 bits per heavy atom. The summed E-state index contributed by atoms with van der Waals surface area (Å²) in [6, 6.07) is 7.48. The number of carbonyl (C=O) groups is 1.